The molecule has 1 unspecified atom stereocenters. The van der Waals surface area contributed by atoms with Crippen LogP contribution >= 0.6 is 11.6 Å². The Balaban J connectivity index is 2.07. The number of carbonyl (C=O) groups excluding carboxylic acids is 2. The van der Waals surface area contributed by atoms with Gasteiger partial charge in [0.05, 0.1) is 10.6 Å². The number of amides is 2. The summed E-state index contributed by atoms with van der Waals surface area (Å²) in [4.78, 5) is 26.8. The molecule has 1 aliphatic heterocycles. The van der Waals surface area contributed by atoms with E-state index in [1.165, 1.54) is 0 Å². The van der Waals surface area contributed by atoms with Crippen LogP contribution in [0.25, 0.3) is 0 Å². The predicted octanol–water partition coefficient (Wildman–Crippen LogP) is 3.91. The zero-order valence-corrected chi connectivity index (χ0v) is 16.9. The van der Waals surface area contributed by atoms with Crippen LogP contribution in [0.3, 0.4) is 0 Å². The van der Waals surface area contributed by atoms with Crippen molar-refractivity contribution in [2.75, 3.05) is 18.4 Å². The highest BCUT2D eigenvalue weighted by Crippen LogP contribution is 2.26. The number of hydrogen-bond donors (Lipinski definition) is 2. The van der Waals surface area contributed by atoms with E-state index in [9.17, 15) is 9.59 Å². The average Bonchev–Trinajstić information content (AvgIpc) is 2.54. The number of hydrogen-bond acceptors (Lipinski definition) is 3. The molecule has 0 aromatic heterocycles. The Kier molecular flexibility index (Phi) is 6.69. The molecule has 6 heteroatoms. The van der Waals surface area contributed by atoms with Crippen LogP contribution in [-0.2, 0) is 4.79 Å². The van der Waals surface area contributed by atoms with Crippen molar-refractivity contribution >= 4 is 29.1 Å². The minimum Gasteiger partial charge on any atom is -0.339 e. The van der Waals surface area contributed by atoms with Crippen LogP contribution in [0, 0.1) is 11.3 Å². The molecule has 1 saturated heterocycles. The van der Waals surface area contributed by atoms with Crippen LogP contribution in [0.2, 0.25) is 5.02 Å². The molecule has 2 rings (SSSR count). The minimum absolute atomic E-state index is 0.0732. The van der Waals surface area contributed by atoms with Crippen molar-refractivity contribution in [1.82, 2.24) is 4.90 Å². The van der Waals surface area contributed by atoms with E-state index in [-0.39, 0.29) is 23.3 Å². The molecule has 0 spiro atoms. The zero-order valence-electron chi connectivity index (χ0n) is 16.1. The Hall–Kier alpha value is -1.59. The summed E-state index contributed by atoms with van der Waals surface area (Å²) in [7, 11) is 0. The predicted molar refractivity (Wildman–Crippen MR) is 106 cm³/mol. The second-order valence-electron chi connectivity index (χ2n) is 8.47. The summed E-state index contributed by atoms with van der Waals surface area (Å²) in [6.45, 7) is 9.41. The molecule has 1 aliphatic rings. The molecule has 5 nitrogen and oxygen atoms in total. The third-order valence-electron chi connectivity index (χ3n) is 4.74. The van der Waals surface area contributed by atoms with Gasteiger partial charge in [0.1, 0.15) is 0 Å². The third-order valence-corrected chi connectivity index (χ3v) is 5.07. The van der Waals surface area contributed by atoms with Crippen molar-refractivity contribution in [2.24, 2.45) is 17.1 Å². The molecule has 2 amide bonds. The second-order valence-corrected chi connectivity index (χ2v) is 8.88. The highest BCUT2D eigenvalue weighted by molar-refractivity contribution is 6.34. The van der Waals surface area contributed by atoms with Crippen LogP contribution in [0.4, 0.5) is 5.69 Å². The first kappa shape index (κ1) is 20.7. The molecular formula is C20H30ClN3O2. The van der Waals surface area contributed by atoms with Gasteiger partial charge in [-0.05, 0) is 49.3 Å². The lowest BCUT2D eigenvalue weighted by Crippen LogP contribution is -2.42. The smallest absolute Gasteiger partial charge is 0.255 e. The van der Waals surface area contributed by atoms with E-state index in [0.29, 0.717) is 41.7 Å². The van der Waals surface area contributed by atoms with Crippen molar-refractivity contribution < 1.29 is 9.59 Å². The molecule has 1 aromatic rings. The highest BCUT2D eigenvalue weighted by Gasteiger charge is 2.26. The standard InChI is InChI=1S/C20H30ClN3O2/c1-13(22)14-7-9-24(10-8-14)19(26)16-11-15(5-6-17(16)21)23-18(25)12-20(2,3)4/h5-6,11,13-14H,7-10,12,22H2,1-4H3,(H,23,25). The van der Waals surface area contributed by atoms with Gasteiger partial charge >= 0.3 is 0 Å². The molecule has 0 aliphatic carbocycles. The molecular weight excluding hydrogens is 350 g/mol. The molecule has 1 aromatic carbocycles. The molecule has 1 atom stereocenters. The summed E-state index contributed by atoms with van der Waals surface area (Å²) in [5.74, 6) is 0.290. The first-order valence-corrected chi connectivity index (χ1v) is 9.59. The Morgan fingerprint density at radius 1 is 1.31 bits per heavy atom. The second kappa shape index (κ2) is 8.40. The fraction of sp³-hybridized carbons (Fsp3) is 0.600. The Labute approximate surface area is 161 Å². The van der Waals surface area contributed by atoms with Crippen molar-refractivity contribution in [1.29, 1.82) is 0 Å². The molecule has 3 N–H and O–H groups in total. The van der Waals surface area contributed by atoms with Gasteiger partial charge in [0, 0.05) is 31.2 Å². The highest BCUT2D eigenvalue weighted by atomic mass is 35.5. The summed E-state index contributed by atoms with van der Waals surface area (Å²) < 4.78 is 0. The van der Waals surface area contributed by atoms with E-state index in [2.05, 4.69) is 5.32 Å². The van der Waals surface area contributed by atoms with Crippen LogP contribution < -0.4 is 11.1 Å². The zero-order chi connectivity index (χ0) is 19.5. The van der Waals surface area contributed by atoms with E-state index in [1.54, 1.807) is 18.2 Å². The first-order valence-electron chi connectivity index (χ1n) is 9.21. The number of anilines is 1. The lowest BCUT2D eigenvalue weighted by Gasteiger charge is -2.34. The van der Waals surface area contributed by atoms with Crippen molar-refractivity contribution in [2.45, 2.75) is 53.0 Å². The molecule has 0 radical (unpaired) electrons. The Bertz CT molecular complexity index is 660. The summed E-state index contributed by atoms with van der Waals surface area (Å²) in [6.07, 6.45) is 2.22. The molecule has 1 heterocycles. The van der Waals surface area contributed by atoms with Gasteiger partial charge in [0.15, 0.2) is 0 Å². The largest absolute Gasteiger partial charge is 0.339 e. The maximum absolute atomic E-state index is 12.9. The normalized spacial score (nSPS) is 17.1. The molecule has 26 heavy (non-hydrogen) atoms. The third kappa shape index (κ3) is 5.71. The van der Waals surface area contributed by atoms with E-state index in [4.69, 9.17) is 17.3 Å². The number of carbonyl (C=O) groups is 2. The maximum Gasteiger partial charge on any atom is 0.255 e. The molecule has 0 bridgehead atoms. The van der Waals surface area contributed by atoms with Gasteiger partial charge in [-0.15, -0.1) is 0 Å². The van der Waals surface area contributed by atoms with E-state index in [1.807, 2.05) is 32.6 Å². The fourth-order valence-electron chi connectivity index (χ4n) is 3.25. The summed E-state index contributed by atoms with van der Waals surface area (Å²) in [6, 6.07) is 5.21. The van der Waals surface area contributed by atoms with Gasteiger partial charge in [-0.3, -0.25) is 9.59 Å². The van der Waals surface area contributed by atoms with Gasteiger partial charge in [-0.2, -0.15) is 0 Å². The molecule has 144 valence electrons. The SMILES string of the molecule is CC(N)C1CCN(C(=O)c2cc(NC(=O)CC(C)(C)C)ccc2Cl)CC1. The van der Waals surface area contributed by atoms with Gasteiger partial charge < -0.3 is 16.0 Å². The average molecular weight is 380 g/mol. The quantitative estimate of drug-likeness (QED) is 0.832. The first-order chi connectivity index (χ1) is 12.1. The summed E-state index contributed by atoms with van der Waals surface area (Å²) in [5, 5.41) is 3.26. The number of halogens is 1. The van der Waals surface area contributed by atoms with Crippen LogP contribution in [0.15, 0.2) is 18.2 Å². The van der Waals surface area contributed by atoms with Crippen LogP contribution in [0.1, 0.15) is 57.3 Å². The number of nitrogens with one attached hydrogen (secondary N) is 1. The topological polar surface area (TPSA) is 75.4 Å². The number of likely N-dealkylation sites (tertiary alicyclic amines) is 1. The lowest BCUT2D eigenvalue weighted by atomic mass is 9.90. The molecule has 0 saturated carbocycles. The summed E-state index contributed by atoms with van der Waals surface area (Å²) >= 11 is 6.25. The fourth-order valence-corrected chi connectivity index (χ4v) is 3.45. The monoisotopic (exact) mass is 379 g/mol. The van der Waals surface area contributed by atoms with Crippen LogP contribution in [0.5, 0.6) is 0 Å². The Morgan fingerprint density at radius 2 is 1.92 bits per heavy atom. The van der Waals surface area contributed by atoms with Gasteiger partial charge in [-0.1, -0.05) is 32.4 Å². The minimum atomic E-state index is -0.0976. The van der Waals surface area contributed by atoms with Gasteiger partial charge in [0.2, 0.25) is 5.91 Å². The van der Waals surface area contributed by atoms with Crippen LogP contribution in [-0.4, -0.2) is 35.8 Å². The van der Waals surface area contributed by atoms with Crippen molar-refractivity contribution in [3.63, 3.8) is 0 Å². The number of benzene rings is 1. The molecule has 1 fully saturated rings. The number of rotatable bonds is 4. The van der Waals surface area contributed by atoms with E-state index < -0.39 is 0 Å². The van der Waals surface area contributed by atoms with Crippen molar-refractivity contribution in [3.05, 3.63) is 28.8 Å². The Morgan fingerprint density at radius 3 is 2.46 bits per heavy atom. The number of nitrogens with two attached hydrogens (primary N) is 1. The van der Waals surface area contributed by atoms with E-state index >= 15 is 0 Å². The van der Waals surface area contributed by atoms with Crippen molar-refractivity contribution in [3.8, 4) is 0 Å². The number of nitrogens with zero attached hydrogens (tertiary/aromatic N) is 1. The van der Waals surface area contributed by atoms with E-state index in [0.717, 1.165) is 12.8 Å². The maximum atomic E-state index is 12.9. The van der Waals surface area contributed by atoms with Gasteiger partial charge in [0.25, 0.3) is 5.91 Å². The lowest BCUT2D eigenvalue weighted by molar-refractivity contribution is -0.117. The van der Waals surface area contributed by atoms with Gasteiger partial charge in [-0.25, -0.2) is 0 Å². The number of piperidine rings is 1. The summed E-state index contributed by atoms with van der Waals surface area (Å²) in [5.41, 5.74) is 6.90.